The summed E-state index contributed by atoms with van der Waals surface area (Å²) in [6, 6.07) is 0.922. The topological polar surface area (TPSA) is 27.7 Å². The van der Waals surface area contributed by atoms with E-state index in [1.165, 1.54) is 25.7 Å². The Balaban J connectivity index is 1.90. The molecule has 20 heavy (non-hydrogen) atoms. The molecule has 0 spiro atoms. The van der Waals surface area contributed by atoms with Crippen LogP contribution in [0.25, 0.3) is 0 Å². The zero-order valence-electron chi connectivity index (χ0n) is 13.3. The van der Waals surface area contributed by atoms with Crippen LogP contribution >= 0.6 is 0 Å². The van der Waals surface area contributed by atoms with Crippen molar-refractivity contribution in [2.24, 2.45) is 11.8 Å². The second-order valence-electron chi connectivity index (χ2n) is 5.77. The van der Waals surface area contributed by atoms with Crippen molar-refractivity contribution in [3.05, 3.63) is 11.6 Å². The standard InChI is InChI=1S/C16H30O3Si/c1-4-17-20(18-5-2,19-6-3)13-7-8-16(14-9-10-14)15-11-12-15/h8,14-15H,4-7,9-13H2,1-3H3. The summed E-state index contributed by atoms with van der Waals surface area (Å²) in [4.78, 5) is 0. The third-order valence-electron chi connectivity index (χ3n) is 4.02. The monoisotopic (exact) mass is 298 g/mol. The summed E-state index contributed by atoms with van der Waals surface area (Å²) in [5, 5.41) is 0. The van der Waals surface area contributed by atoms with Crippen LogP contribution in [0, 0.1) is 11.8 Å². The molecule has 0 bridgehead atoms. The van der Waals surface area contributed by atoms with Gasteiger partial charge in [-0.2, -0.15) is 0 Å². The molecule has 2 saturated carbocycles. The maximum absolute atomic E-state index is 5.91. The number of rotatable bonds is 11. The molecule has 0 aliphatic heterocycles. The highest BCUT2D eigenvalue weighted by Crippen LogP contribution is 2.49. The first-order chi connectivity index (χ1) is 9.74. The lowest BCUT2D eigenvalue weighted by molar-refractivity contribution is 0.0716. The molecule has 3 nitrogen and oxygen atoms in total. The molecule has 116 valence electrons. The normalized spacial score (nSPS) is 19.1. The summed E-state index contributed by atoms with van der Waals surface area (Å²) in [6.45, 7) is 8.09. The molecule has 2 fully saturated rings. The fraction of sp³-hybridized carbons (Fsp3) is 0.875. The Bertz CT molecular complexity index is 291. The van der Waals surface area contributed by atoms with Crippen LogP contribution in [0.3, 0.4) is 0 Å². The Morgan fingerprint density at radius 2 is 1.35 bits per heavy atom. The molecule has 0 saturated heterocycles. The third kappa shape index (κ3) is 4.69. The van der Waals surface area contributed by atoms with Crippen molar-refractivity contribution < 1.29 is 13.3 Å². The van der Waals surface area contributed by atoms with Crippen LogP contribution in [-0.2, 0) is 13.3 Å². The highest BCUT2D eigenvalue weighted by Gasteiger charge is 2.40. The van der Waals surface area contributed by atoms with Gasteiger partial charge < -0.3 is 13.3 Å². The quantitative estimate of drug-likeness (QED) is 0.423. The predicted molar refractivity (Wildman–Crippen MR) is 83.6 cm³/mol. The Hall–Kier alpha value is -0.163. The second kappa shape index (κ2) is 7.73. The molecule has 0 aromatic rings. The van der Waals surface area contributed by atoms with Crippen molar-refractivity contribution in [3.63, 3.8) is 0 Å². The largest absolute Gasteiger partial charge is 0.501 e. The zero-order valence-corrected chi connectivity index (χ0v) is 14.3. The summed E-state index contributed by atoms with van der Waals surface area (Å²) in [7, 11) is -2.44. The molecule has 0 aromatic carbocycles. The Morgan fingerprint density at radius 3 is 1.70 bits per heavy atom. The Labute approximate surface area is 125 Å². The van der Waals surface area contributed by atoms with E-state index in [0.717, 1.165) is 24.3 Å². The molecule has 0 unspecified atom stereocenters. The van der Waals surface area contributed by atoms with Crippen molar-refractivity contribution in [1.82, 2.24) is 0 Å². The highest BCUT2D eigenvalue weighted by molar-refractivity contribution is 6.60. The van der Waals surface area contributed by atoms with E-state index in [9.17, 15) is 0 Å². The molecule has 2 aliphatic rings. The first-order valence-electron chi connectivity index (χ1n) is 8.36. The molecule has 0 heterocycles. The van der Waals surface area contributed by atoms with Gasteiger partial charge in [-0.25, -0.2) is 0 Å². The second-order valence-corrected chi connectivity index (χ2v) is 8.51. The van der Waals surface area contributed by atoms with Crippen LogP contribution in [0.1, 0.15) is 52.9 Å². The van der Waals surface area contributed by atoms with E-state index < -0.39 is 8.80 Å². The molecule has 0 amide bonds. The van der Waals surface area contributed by atoms with Gasteiger partial charge in [-0.05, 0) is 64.7 Å². The van der Waals surface area contributed by atoms with Gasteiger partial charge in [-0.15, -0.1) is 0 Å². The lowest BCUT2D eigenvalue weighted by Crippen LogP contribution is -2.45. The van der Waals surface area contributed by atoms with E-state index >= 15 is 0 Å². The lowest BCUT2D eigenvalue weighted by Gasteiger charge is -2.28. The number of hydrogen-bond acceptors (Lipinski definition) is 3. The van der Waals surface area contributed by atoms with Crippen molar-refractivity contribution in [2.45, 2.75) is 58.9 Å². The number of allylic oxidation sites excluding steroid dienone is 2. The summed E-state index contributed by atoms with van der Waals surface area (Å²) in [5.41, 5.74) is 1.73. The van der Waals surface area contributed by atoms with E-state index in [0.29, 0.717) is 19.8 Å². The molecule has 0 radical (unpaired) electrons. The summed E-state index contributed by atoms with van der Waals surface area (Å²) in [6.07, 6.45) is 9.17. The SMILES string of the molecule is CCO[Si](CCC=C(C1CC1)C1CC1)(OCC)OCC. The third-order valence-corrected chi connectivity index (χ3v) is 7.11. The average Bonchev–Trinajstić information content (AvgIpc) is 3.28. The van der Waals surface area contributed by atoms with Crippen LogP contribution in [-0.4, -0.2) is 28.6 Å². The van der Waals surface area contributed by atoms with Crippen molar-refractivity contribution >= 4 is 8.80 Å². The van der Waals surface area contributed by atoms with E-state index in [1.807, 2.05) is 20.8 Å². The van der Waals surface area contributed by atoms with E-state index in [2.05, 4.69) is 6.08 Å². The van der Waals surface area contributed by atoms with Crippen LogP contribution in [0.5, 0.6) is 0 Å². The van der Waals surface area contributed by atoms with Gasteiger partial charge in [0.15, 0.2) is 0 Å². The maximum Gasteiger partial charge on any atom is 0.501 e. The van der Waals surface area contributed by atoms with Gasteiger partial charge in [0, 0.05) is 25.9 Å². The van der Waals surface area contributed by atoms with E-state index in [1.54, 1.807) is 5.57 Å². The van der Waals surface area contributed by atoms with Crippen molar-refractivity contribution in [1.29, 1.82) is 0 Å². The summed E-state index contributed by atoms with van der Waals surface area (Å²) < 4.78 is 17.7. The number of hydrogen-bond donors (Lipinski definition) is 0. The minimum absolute atomic E-state index is 0.675. The van der Waals surface area contributed by atoms with Crippen LogP contribution < -0.4 is 0 Å². The molecule has 0 aromatic heterocycles. The average molecular weight is 298 g/mol. The zero-order chi connectivity index (χ0) is 14.4. The molecular weight excluding hydrogens is 268 g/mol. The smallest absolute Gasteiger partial charge is 0.374 e. The predicted octanol–water partition coefficient (Wildman–Crippen LogP) is 4.17. The van der Waals surface area contributed by atoms with Crippen LogP contribution in [0.4, 0.5) is 0 Å². The molecule has 2 rings (SSSR count). The fourth-order valence-electron chi connectivity index (χ4n) is 2.92. The van der Waals surface area contributed by atoms with Gasteiger partial charge in [-0.1, -0.05) is 11.6 Å². The molecule has 2 aliphatic carbocycles. The molecular formula is C16H30O3Si. The van der Waals surface area contributed by atoms with Gasteiger partial charge in [0.05, 0.1) is 0 Å². The van der Waals surface area contributed by atoms with Gasteiger partial charge >= 0.3 is 8.80 Å². The first-order valence-corrected chi connectivity index (χ1v) is 10.3. The lowest BCUT2D eigenvalue weighted by atomic mass is 10.1. The van der Waals surface area contributed by atoms with Crippen molar-refractivity contribution in [3.8, 4) is 0 Å². The van der Waals surface area contributed by atoms with Gasteiger partial charge in [0.25, 0.3) is 0 Å². The fourth-order valence-corrected chi connectivity index (χ4v) is 5.42. The Kier molecular flexibility index (Phi) is 6.27. The molecule has 0 N–H and O–H groups in total. The highest BCUT2D eigenvalue weighted by atomic mass is 28.4. The van der Waals surface area contributed by atoms with Crippen LogP contribution in [0.2, 0.25) is 6.04 Å². The van der Waals surface area contributed by atoms with Gasteiger partial charge in [0.2, 0.25) is 0 Å². The van der Waals surface area contributed by atoms with Gasteiger partial charge in [-0.3, -0.25) is 0 Å². The first kappa shape index (κ1) is 16.2. The Morgan fingerprint density at radius 1 is 0.900 bits per heavy atom. The maximum atomic E-state index is 5.91. The van der Waals surface area contributed by atoms with E-state index in [-0.39, 0.29) is 0 Å². The minimum atomic E-state index is -2.44. The van der Waals surface area contributed by atoms with E-state index in [4.69, 9.17) is 13.3 Å². The summed E-state index contributed by atoms with van der Waals surface area (Å²) in [5.74, 6) is 1.81. The van der Waals surface area contributed by atoms with Gasteiger partial charge in [0.1, 0.15) is 0 Å². The summed E-state index contributed by atoms with van der Waals surface area (Å²) >= 11 is 0. The van der Waals surface area contributed by atoms with Crippen LogP contribution in [0.15, 0.2) is 11.6 Å². The minimum Gasteiger partial charge on any atom is -0.374 e. The van der Waals surface area contributed by atoms with Crippen molar-refractivity contribution in [2.75, 3.05) is 19.8 Å². The molecule has 0 atom stereocenters. The molecule has 4 heteroatoms.